The van der Waals surface area contributed by atoms with Crippen LogP contribution in [0.2, 0.25) is 0 Å². The fourth-order valence-corrected chi connectivity index (χ4v) is 1.79. The second kappa shape index (κ2) is 2.93. The number of rotatable bonds is 1. The minimum atomic E-state index is -0.106. The van der Waals surface area contributed by atoms with Crippen LogP contribution in [0.25, 0.3) is 0 Å². The van der Waals surface area contributed by atoms with Crippen molar-refractivity contribution in [3.63, 3.8) is 0 Å². The fourth-order valence-electron chi connectivity index (χ4n) is 1.09. The van der Waals surface area contributed by atoms with Gasteiger partial charge in [0.1, 0.15) is 0 Å². The molecule has 1 aromatic rings. The second-order valence-corrected chi connectivity index (χ2v) is 3.61. The minimum Gasteiger partial charge on any atom is -0.345 e. The second-order valence-electron chi connectivity index (χ2n) is 2.63. The molecule has 2 nitrogen and oxygen atoms in total. The number of hydrogen-bond donors (Lipinski definition) is 0. The predicted octanol–water partition coefficient (Wildman–Crippen LogP) is 2.18. The largest absolute Gasteiger partial charge is 0.345 e. The maximum atomic E-state index is 5.49. The van der Waals surface area contributed by atoms with E-state index >= 15 is 0 Å². The highest BCUT2D eigenvalue weighted by Gasteiger charge is 2.24. The molecule has 60 valence electrons. The maximum absolute atomic E-state index is 5.49. The van der Waals surface area contributed by atoms with Crippen LogP contribution in [-0.4, -0.2) is 12.7 Å². The van der Waals surface area contributed by atoms with Gasteiger partial charge < -0.3 is 9.47 Å². The highest BCUT2D eigenvalue weighted by molar-refractivity contribution is 7.10. The zero-order valence-electron chi connectivity index (χ0n) is 6.32. The highest BCUT2D eigenvalue weighted by Crippen LogP contribution is 2.29. The molecular formula is C8H10O2S. The van der Waals surface area contributed by atoms with Crippen molar-refractivity contribution in [1.82, 2.24) is 0 Å². The van der Waals surface area contributed by atoms with Crippen LogP contribution in [0.1, 0.15) is 18.1 Å². The van der Waals surface area contributed by atoms with E-state index in [1.807, 2.05) is 24.4 Å². The molecule has 1 aliphatic heterocycles. The zero-order chi connectivity index (χ0) is 7.68. The van der Waals surface area contributed by atoms with Crippen molar-refractivity contribution in [2.75, 3.05) is 6.61 Å². The van der Waals surface area contributed by atoms with Gasteiger partial charge in [0.2, 0.25) is 0 Å². The average molecular weight is 170 g/mol. The molecule has 1 aliphatic rings. The molecule has 0 bridgehead atoms. The van der Waals surface area contributed by atoms with Gasteiger partial charge in [0, 0.05) is 0 Å². The predicted molar refractivity (Wildman–Crippen MR) is 43.6 cm³/mol. The van der Waals surface area contributed by atoms with Gasteiger partial charge in [-0.3, -0.25) is 0 Å². The molecule has 2 atom stereocenters. The first-order chi connectivity index (χ1) is 5.36. The molecule has 0 aliphatic carbocycles. The molecule has 0 N–H and O–H groups in total. The summed E-state index contributed by atoms with van der Waals surface area (Å²) in [6.07, 6.45) is 0.132. The standard InChI is InChI=1S/C8H10O2S/c1-6-5-9-8(10-6)7-3-2-4-11-7/h2-4,6,8H,5H2,1H3. The molecule has 1 aromatic heterocycles. The fraction of sp³-hybridized carbons (Fsp3) is 0.500. The molecule has 1 fully saturated rings. The van der Waals surface area contributed by atoms with Crippen molar-refractivity contribution >= 4 is 11.3 Å². The van der Waals surface area contributed by atoms with Gasteiger partial charge in [-0.2, -0.15) is 0 Å². The lowest BCUT2D eigenvalue weighted by Crippen LogP contribution is -2.01. The molecule has 3 heteroatoms. The van der Waals surface area contributed by atoms with Crippen molar-refractivity contribution in [2.24, 2.45) is 0 Å². The number of thiophene rings is 1. The summed E-state index contributed by atoms with van der Waals surface area (Å²) in [4.78, 5) is 1.16. The summed E-state index contributed by atoms with van der Waals surface area (Å²) >= 11 is 1.67. The molecule has 0 amide bonds. The summed E-state index contributed by atoms with van der Waals surface area (Å²) in [5.74, 6) is 0. The van der Waals surface area contributed by atoms with E-state index in [0.29, 0.717) is 6.61 Å². The first-order valence-electron chi connectivity index (χ1n) is 3.67. The van der Waals surface area contributed by atoms with E-state index in [-0.39, 0.29) is 12.4 Å². The Balaban J connectivity index is 2.08. The average Bonchev–Trinajstić information content (AvgIpc) is 2.55. The molecule has 2 unspecified atom stereocenters. The topological polar surface area (TPSA) is 18.5 Å². The minimum absolute atomic E-state index is 0.106. The van der Waals surface area contributed by atoms with Crippen molar-refractivity contribution in [1.29, 1.82) is 0 Å². The normalized spacial score (nSPS) is 31.0. The number of ether oxygens (including phenoxy) is 2. The lowest BCUT2D eigenvalue weighted by molar-refractivity contribution is -0.0545. The Morgan fingerprint density at radius 2 is 2.55 bits per heavy atom. The van der Waals surface area contributed by atoms with Crippen molar-refractivity contribution in [3.05, 3.63) is 22.4 Å². The molecule has 2 heterocycles. The van der Waals surface area contributed by atoms with Gasteiger partial charge in [0.25, 0.3) is 0 Å². The molecule has 0 saturated carbocycles. The lowest BCUT2D eigenvalue weighted by Gasteiger charge is -2.05. The number of hydrogen-bond acceptors (Lipinski definition) is 3. The lowest BCUT2D eigenvalue weighted by atomic mass is 10.4. The van der Waals surface area contributed by atoms with Gasteiger partial charge in [-0.05, 0) is 18.4 Å². The quantitative estimate of drug-likeness (QED) is 0.643. The molecule has 0 spiro atoms. The van der Waals surface area contributed by atoms with Crippen molar-refractivity contribution in [2.45, 2.75) is 19.3 Å². The Morgan fingerprint density at radius 3 is 3.09 bits per heavy atom. The van der Waals surface area contributed by atoms with Gasteiger partial charge in [-0.25, -0.2) is 0 Å². The van der Waals surface area contributed by atoms with Gasteiger partial charge in [0.05, 0.1) is 17.6 Å². The Hall–Kier alpha value is -0.380. The Labute approximate surface area is 69.8 Å². The summed E-state index contributed by atoms with van der Waals surface area (Å²) in [6, 6.07) is 4.04. The molecule has 11 heavy (non-hydrogen) atoms. The first kappa shape index (κ1) is 7.28. The van der Waals surface area contributed by atoms with Crippen LogP contribution in [0.3, 0.4) is 0 Å². The van der Waals surface area contributed by atoms with E-state index in [1.54, 1.807) is 11.3 Å². The summed E-state index contributed by atoms with van der Waals surface area (Å²) in [5, 5.41) is 2.03. The van der Waals surface area contributed by atoms with E-state index in [0.717, 1.165) is 4.88 Å². The Morgan fingerprint density at radius 1 is 1.64 bits per heavy atom. The highest BCUT2D eigenvalue weighted by atomic mass is 32.1. The summed E-state index contributed by atoms with van der Waals surface area (Å²) in [7, 11) is 0. The monoisotopic (exact) mass is 170 g/mol. The summed E-state index contributed by atoms with van der Waals surface area (Å²) in [5.41, 5.74) is 0. The van der Waals surface area contributed by atoms with Gasteiger partial charge >= 0.3 is 0 Å². The third-order valence-electron chi connectivity index (χ3n) is 1.61. The van der Waals surface area contributed by atoms with E-state index in [9.17, 15) is 0 Å². The third-order valence-corrected chi connectivity index (χ3v) is 2.51. The SMILES string of the molecule is CC1COC(c2cccs2)O1. The Kier molecular flexibility index (Phi) is 1.94. The van der Waals surface area contributed by atoms with Gasteiger partial charge in [0.15, 0.2) is 6.29 Å². The smallest absolute Gasteiger partial charge is 0.193 e. The molecule has 2 rings (SSSR count). The van der Waals surface area contributed by atoms with Crippen LogP contribution < -0.4 is 0 Å². The molecular weight excluding hydrogens is 160 g/mol. The summed E-state index contributed by atoms with van der Waals surface area (Å²) in [6.45, 7) is 2.73. The van der Waals surface area contributed by atoms with E-state index in [1.165, 1.54) is 0 Å². The van der Waals surface area contributed by atoms with Gasteiger partial charge in [-0.15, -0.1) is 11.3 Å². The van der Waals surface area contributed by atoms with E-state index in [4.69, 9.17) is 9.47 Å². The van der Waals surface area contributed by atoms with E-state index in [2.05, 4.69) is 0 Å². The molecule has 0 aromatic carbocycles. The van der Waals surface area contributed by atoms with Crippen LogP contribution in [-0.2, 0) is 9.47 Å². The van der Waals surface area contributed by atoms with E-state index < -0.39 is 0 Å². The van der Waals surface area contributed by atoms with Crippen LogP contribution in [0, 0.1) is 0 Å². The molecule has 1 saturated heterocycles. The van der Waals surface area contributed by atoms with Gasteiger partial charge in [-0.1, -0.05) is 6.07 Å². The maximum Gasteiger partial charge on any atom is 0.193 e. The molecule has 0 radical (unpaired) electrons. The van der Waals surface area contributed by atoms with Crippen LogP contribution in [0.4, 0.5) is 0 Å². The van der Waals surface area contributed by atoms with Crippen molar-refractivity contribution < 1.29 is 9.47 Å². The summed E-state index contributed by atoms with van der Waals surface area (Å²) < 4.78 is 10.9. The zero-order valence-corrected chi connectivity index (χ0v) is 7.14. The third kappa shape index (κ3) is 1.45. The Bertz CT molecular complexity index is 220. The van der Waals surface area contributed by atoms with Crippen LogP contribution in [0.5, 0.6) is 0 Å². The van der Waals surface area contributed by atoms with Crippen molar-refractivity contribution in [3.8, 4) is 0 Å². The first-order valence-corrected chi connectivity index (χ1v) is 4.54. The van der Waals surface area contributed by atoms with Crippen LogP contribution in [0.15, 0.2) is 17.5 Å². The van der Waals surface area contributed by atoms with Crippen LogP contribution >= 0.6 is 11.3 Å².